The van der Waals surface area contributed by atoms with Crippen LogP contribution in [0.15, 0.2) is 58.6 Å². The summed E-state index contributed by atoms with van der Waals surface area (Å²) in [5.41, 5.74) is 0.880. The van der Waals surface area contributed by atoms with E-state index in [0.29, 0.717) is 6.42 Å². The molecule has 0 radical (unpaired) electrons. The van der Waals surface area contributed by atoms with Gasteiger partial charge in [-0.15, -0.1) is 0 Å². The fourth-order valence-electron chi connectivity index (χ4n) is 1.49. The predicted octanol–water partition coefficient (Wildman–Crippen LogP) is 3.68. The third-order valence-electron chi connectivity index (χ3n) is 2.50. The van der Waals surface area contributed by atoms with Crippen LogP contribution in [0.2, 0.25) is 0 Å². The van der Waals surface area contributed by atoms with Gasteiger partial charge in [-0.2, -0.15) is 0 Å². The molecule has 0 spiro atoms. The number of rotatable bonds is 4. The van der Waals surface area contributed by atoms with Crippen molar-refractivity contribution in [3.8, 4) is 0 Å². The second-order valence-corrected chi connectivity index (χ2v) is 4.86. The lowest BCUT2D eigenvalue weighted by atomic mass is 10.1. The Balaban J connectivity index is 2.08. The van der Waals surface area contributed by atoms with Gasteiger partial charge >= 0.3 is 0 Å². The molecule has 0 amide bonds. The van der Waals surface area contributed by atoms with Crippen LogP contribution in [0, 0.1) is 0 Å². The summed E-state index contributed by atoms with van der Waals surface area (Å²) in [6.45, 7) is 1.96. The van der Waals surface area contributed by atoms with Crippen molar-refractivity contribution in [2.75, 3.05) is 0 Å². The highest BCUT2D eigenvalue weighted by Gasteiger charge is 2.05. The molecular weight excluding hydrogens is 230 g/mol. The Morgan fingerprint density at radius 1 is 1.18 bits per heavy atom. The van der Waals surface area contributed by atoms with Gasteiger partial charge in [-0.05, 0) is 30.2 Å². The SMILES string of the molecule is CC[C@H](O)c1ccc(Sc2ccccc2)nc1. The van der Waals surface area contributed by atoms with Crippen molar-refractivity contribution in [2.45, 2.75) is 29.4 Å². The molecular formula is C14H15NOS. The Kier molecular flexibility index (Phi) is 4.18. The van der Waals surface area contributed by atoms with Crippen LogP contribution in [0.5, 0.6) is 0 Å². The van der Waals surface area contributed by atoms with Gasteiger partial charge in [-0.25, -0.2) is 4.98 Å². The zero-order chi connectivity index (χ0) is 12.1. The molecule has 1 heterocycles. The molecule has 1 N–H and O–H groups in total. The third kappa shape index (κ3) is 3.32. The van der Waals surface area contributed by atoms with Crippen molar-refractivity contribution in [1.82, 2.24) is 4.98 Å². The predicted molar refractivity (Wildman–Crippen MR) is 70.1 cm³/mol. The van der Waals surface area contributed by atoms with Crippen molar-refractivity contribution in [3.63, 3.8) is 0 Å². The zero-order valence-corrected chi connectivity index (χ0v) is 10.5. The summed E-state index contributed by atoms with van der Waals surface area (Å²) < 4.78 is 0. The van der Waals surface area contributed by atoms with E-state index in [9.17, 15) is 5.11 Å². The quantitative estimate of drug-likeness (QED) is 0.892. The molecule has 17 heavy (non-hydrogen) atoms. The molecule has 2 rings (SSSR count). The summed E-state index contributed by atoms with van der Waals surface area (Å²) in [6.07, 6.45) is 2.06. The van der Waals surface area contributed by atoms with E-state index in [-0.39, 0.29) is 0 Å². The molecule has 0 unspecified atom stereocenters. The molecule has 2 aromatic rings. The van der Waals surface area contributed by atoms with Crippen LogP contribution in [-0.2, 0) is 0 Å². The standard InChI is InChI=1S/C14H15NOS/c1-2-13(16)11-8-9-14(15-10-11)17-12-6-4-3-5-7-12/h3-10,13,16H,2H2,1H3/t13-/m0/s1. The molecule has 1 atom stereocenters. The summed E-state index contributed by atoms with van der Waals surface area (Å²) >= 11 is 1.62. The van der Waals surface area contributed by atoms with E-state index in [0.717, 1.165) is 10.6 Å². The van der Waals surface area contributed by atoms with E-state index in [4.69, 9.17) is 0 Å². The number of hydrogen-bond acceptors (Lipinski definition) is 3. The first kappa shape index (κ1) is 12.1. The number of benzene rings is 1. The van der Waals surface area contributed by atoms with Crippen molar-refractivity contribution >= 4 is 11.8 Å². The van der Waals surface area contributed by atoms with E-state index in [2.05, 4.69) is 17.1 Å². The Labute approximate surface area is 106 Å². The maximum Gasteiger partial charge on any atom is 0.101 e. The lowest BCUT2D eigenvalue weighted by molar-refractivity contribution is 0.173. The smallest absolute Gasteiger partial charge is 0.101 e. The molecule has 88 valence electrons. The average molecular weight is 245 g/mol. The van der Waals surface area contributed by atoms with Crippen LogP contribution in [0.25, 0.3) is 0 Å². The second-order valence-electron chi connectivity index (χ2n) is 3.77. The van der Waals surface area contributed by atoms with E-state index >= 15 is 0 Å². The topological polar surface area (TPSA) is 33.1 Å². The largest absolute Gasteiger partial charge is 0.388 e. The van der Waals surface area contributed by atoms with Gasteiger partial charge in [-0.1, -0.05) is 43.0 Å². The molecule has 0 aliphatic rings. The fourth-order valence-corrected chi connectivity index (χ4v) is 2.27. The molecule has 0 fully saturated rings. The minimum atomic E-state index is -0.404. The normalized spacial score (nSPS) is 12.4. The molecule has 0 saturated heterocycles. The maximum absolute atomic E-state index is 9.66. The summed E-state index contributed by atoms with van der Waals surface area (Å²) in [5, 5.41) is 10.6. The molecule has 0 bridgehead atoms. The first-order valence-corrected chi connectivity index (χ1v) is 6.48. The number of aromatic nitrogens is 1. The summed E-state index contributed by atoms with van der Waals surface area (Å²) in [7, 11) is 0. The highest BCUT2D eigenvalue weighted by atomic mass is 32.2. The minimum absolute atomic E-state index is 0.404. The Morgan fingerprint density at radius 2 is 1.94 bits per heavy atom. The lowest BCUT2D eigenvalue weighted by Gasteiger charge is -2.07. The number of pyridine rings is 1. The number of aliphatic hydroxyl groups excluding tert-OH is 1. The van der Waals surface area contributed by atoms with Crippen molar-refractivity contribution in [3.05, 3.63) is 54.2 Å². The Hall–Kier alpha value is -1.32. The minimum Gasteiger partial charge on any atom is -0.388 e. The van der Waals surface area contributed by atoms with Crippen molar-refractivity contribution in [1.29, 1.82) is 0 Å². The Bertz CT molecular complexity index is 455. The van der Waals surface area contributed by atoms with Crippen LogP contribution in [0.1, 0.15) is 25.0 Å². The fraction of sp³-hybridized carbons (Fsp3) is 0.214. The van der Waals surface area contributed by atoms with E-state index in [1.54, 1.807) is 18.0 Å². The van der Waals surface area contributed by atoms with Gasteiger partial charge in [-0.3, -0.25) is 0 Å². The van der Waals surface area contributed by atoms with Crippen molar-refractivity contribution in [2.24, 2.45) is 0 Å². The van der Waals surface area contributed by atoms with Gasteiger partial charge in [0.15, 0.2) is 0 Å². The van der Waals surface area contributed by atoms with Gasteiger partial charge in [0.1, 0.15) is 5.03 Å². The number of nitrogens with zero attached hydrogens (tertiary/aromatic N) is 1. The monoisotopic (exact) mass is 245 g/mol. The summed E-state index contributed by atoms with van der Waals surface area (Å²) in [4.78, 5) is 5.52. The first-order valence-electron chi connectivity index (χ1n) is 5.66. The molecule has 2 nitrogen and oxygen atoms in total. The second kappa shape index (κ2) is 5.84. The van der Waals surface area contributed by atoms with E-state index in [1.807, 2.05) is 37.3 Å². The average Bonchev–Trinajstić information content (AvgIpc) is 2.40. The molecule has 0 saturated carbocycles. The van der Waals surface area contributed by atoms with Crippen LogP contribution in [-0.4, -0.2) is 10.1 Å². The zero-order valence-electron chi connectivity index (χ0n) is 9.71. The molecule has 0 aliphatic carbocycles. The van der Waals surface area contributed by atoms with Crippen LogP contribution < -0.4 is 0 Å². The number of hydrogen-bond donors (Lipinski definition) is 1. The molecule has 3 heteroatoms. The highest BCUT2D eigenvalue weighted by molar-refractivity contribution is 7.99. The maximum atomic E-state index is 9.66. The first-order chi connectivity index (χ1) is 8.29. The van der Waals surface area contributed by atoms with Gasteiger partial charge in [0.05, 0.1) is 6.10 Å². The van der Waals surface area contributed by atoms with Crippen LogP contribution >= 0.6 is 11.8 Å². The Morgan fingerprint density at radius 3 is 2.53 bits per heavy atom. The lowest BCUT2D eigenvalue weighted by Crippen LogP contribution is -1.95. The highest BCUT2D eigenvalue weighted by Crippen LogP contribution is 2.26. The van der Waals surface area contributed by atoms with Gasteiger partial charge in [0, 0.05) is 11.1 Å². The van der Waals surface area contributed by atoms with Crippen LogP contribution in [0.3, 0.4) is 0 Å². The van der Waals surface area contributed by atoms with Crippen molar-refractivity contribution < 1.29 is 5.11 Å². The molecule has 1 aromatic carbocycles. The van der Waals surface area contributed by atoms with Gasteiger partial charge in [0.25, 0.3) is 0 Å². The summed E-state index contributed by atoms with van der Waals surface area (Å²) in [5.74, 6) is 0. The van der Waals surface area contributed by atoms with Gasteiger partial charge < -0.3 is 5.11 Å². The molecule has 1 aromatic heterocycles. The summed E-state index contributed by atoms with van der Waals surface area (Å²) in [6, 6.07) is 14.0. The van der Waals surface area contributed by atoms with E-state index in [1.165, 1.54) is 4.90 Å². The van der Waals surface area contributed by atoms with E-state index < -0.39 is 6.10 Å². The molecule has 0 aliphatic heterocycles. The number of aliphatic hydroxyl groups is 1. The van der Waals surface area contributed by atoms with Crippen LogP contribution in [0.4, 0.5) is 0 Å². The van der Waals surface area contributed by atoms with Gasteiger partial charge in [0.2, 0.25) is 0 Å². The third-order valence-corrected chi connectivity index (χ3v) is 3.45.